The fourth-order valence-electron chi connectivity index (χ4n) is 4.59. The molecular weight excluding hydrogens is 436 g/mol. The van der Waals surface area contributed by atoms with E-state index in [0.29, 0.717) is 17.4 Å². The van der Waals surface area contributed by atoms with E-state index < -0.39 is 0 Å². The second-order valence-electron chi connectivity index (χ2n) is 8.01. The van der Waals surface area contributed by atoms with Gasteiger partial charge in [0, 0.05) is 21.6 Å². The van der Waals surface area contributed by atoms with Crippen molar-refractivity contribution in [3.63, 3.8) is 0 Å². The van der Waals surface area contributed by atoms with Gasteiger partial charge in [-0.15, -0.1) is 11.3 Å². The molecule has 0 fully saturated rings. The number of nitrogens with zero attached hydrogens (tertiary/aromatic N) is 3. The van der Waals surface area contributed by atoms with Crippen LogP contribution < -0.4 is 19.5 Å². The summed E-state index contributed by atoms with van der Waals surface area (Å²) in [5.41, 5.74) is 5.26. The van der Waals surface area contributed by atoms with E-state index in [1.165, 1.54) is 4.88 Å². The molecule has 4 heterocycles. The van der Waals surface area contributed by atoms with E-state index in [0.717, 1.165) is 33.7 Å². The molecule has 1 N–H and O–H groups in total. The van der Waals surface area contributed by atoms with Gasteiger partial charge in [0.05, 0.1) is 19.9 Å². The molecule has 0 amide bonds. The van der Waals surface area contributed by atoms with Crippen LogP contribution in [0.2, 0.25) is 0 Å². The lowest BCUT2D eigenvalue weighted by atomic mass is 9.86. The van der Waals surface area contributed by atoms with Gasteiger partial charge >= 0.3 is 0 Å². The van der Waals surface area contributed by atoms with Gasteiger partial charge in [0.1, 0.15) is 24.2 Å². The van der Waals surface area contributed by atoms with Crippen molar-refractivity contribution < 1.29 is 14.2 Å². The predicted molar refractivity (Wildman–Crippen MR) is 127 cm³/mol. The average Bonchev–Trinajstić information content (AvgIpc) is 3.54. The van der Waals surface area contributed by atoms with Crippen molar-refractivity contribution in [2.24, 2.45) is 0 Å². The van der Waals surface area contributed by atoms with E-state index in [4.69, 9.17) is 14.2 Å². The quantitative estimate of drug-likeness (QED) is 0.452. The molecule has 166 valence electrons. The summed E-state index contributed by atoms with van der Waals surface area (Å²) in [6.45, 7) is 2.09. The lowest BCUT2D eigenvalue weighted by Gasteiger charge is -2.38. The molecule has 0 bridgehead atoms. The summed E-state index contributed by atoms with van der Waals surface area (Å²) in [5, 5.41) is 10.2. The van der Waals surface area contributed by atoms with Crippen molar-refractivity contribution in [3.8, 4) is 17.2 Å². The molecule has 0 saturated carbocycles. The third-order valence-corrected chi connectivity index (χ3v) is 7.02. The zero-order chi connectivity index (χ0) is 22.5. The summed E-state index contributed by atoms with van der Waals surface area (Å²) >= 11 is 1.70. The number of hydrogen-bond acceptors (Lipinski definition) is 7. The fraction of sp³-hybridized carbons (Fsp3) is 0.200. The number of anilines is 1. The normalized spacial score (nSPS) is 18.5. The molecule has 4 aromatic rings. The van der Waals surface area contributed by atoms with Crippen molar-refractivity contribution in [1.82, 2.24) is 14.8 Å². The van der Waals surface area contributed by atoms with E-state index in [9.17, 15) is 0 Å². The van der Waals surface area contributed by atoms with Gasteiger partial charge in [-0.3, -0.25) is 0 Å². The van der Waals surface area contributed by atoms with Gasteiger partial charge < -0.3 is 19.5 Å². The van der Waals surface area contributed by atoms with E-state index >= 15 is 0 Å². The third kappa shape index (κ3) is 3.09. The Morgan fingerprint density at radius 3 is 2.73 bits per heavy atom. The molecule has 0 unspecified atom stereocenters. The Morgan fingerprint density at radius 1 is 1.06 bits per heavy atom. The SMILES string of the molecule is COc1ccc([C@H]2Oc3ccc(C)cc3C3=C2[C@@H](c2cccs2)n2ncnc2N3)cc1OC. The minimum atomic E-state index is -0.355. The van der Waals surface area contributed by atoms with Crippen LogP contribution in [0.1, 0.15) is 33.7 Å². The van der Waals surface area contributed by atoms with Gasteiger partial charge in [-0.25, -0.2) is 4.68 Å². The molecule has 2 aromatic carbocycles. The maximum absolute atomic E-state index is 6.68. The van der Waals surface area contributed by atoms with Gasteiger partial charge in [-0.2, -0.15) is 10.1 Å². The summed E-state index contributed by atoms with van der Waals surface area (Å²) in [6, 6.07) is 16.2. The van der Waals surface area contributed by atoms with Crippen molar-refractivity contribution in [2.75, 3.05) is 19.5 Å². The third-order valence-electron chi connectivity index (χ3n) is 6.09. The minimum Gasteiger partial charge on any atom is -0.493 e. The van der Waals surface area contributed by atoms with Crippen LogP contribution in [0.5, 0.6) is 17.2 Å². The molecular formula is C25H22N4O3S. The Balaban J connectivity index is 1.61. The summed E-state index contributed by atoms with van der Waals surface area (Å²) in [6.07, 6.45) is 1.23. The zero-order valence-electron chi connectivity index (χ0n) is 18.4. The molecule has 8 heteroatoms. The molecule has 33 heavy (non-hydrogen) atoms. The zero-order valence-corrected chi connectivity index (χ0v) is 19.2. The number of thiophene rings is 1. The van der Waals surface area contributed by atoms with Crippen LogP contribution in [0.4, 0.5) is 5.95 Å². The fourth-order valence-corrected chi connectivity index (χ4v) is 5.42. The van der Waals surface area contributed by atoms with Crippen LogP contribution in [0.25, 0.3) is 5.70 Å². The molecule has 0 saturated heterocycles. The molecule has 2 atom stereocenters. The highest BCUT2D eigenvalue weighted by Crippen LogP contribution is 2.51. The van der Waals surface area contributed by atoms with E-state index in [1.807, 2.05) is 28.9 Å². The number of fused-ring (bicyclic) bond motifs is 3. The van der Waals surface area contributed by atoms with Gasteiger partial charge in [-0.05, 0) is 42.6 Å². The highest BCUT2D eigenvalue weighted by Gasteiger charge is 2.41. The Morgan fingerprint density at radius 2 is 1.94 bits per heavy atom. The number of benzene rings is 2. The number of aryl methyl sites for hydroxylation is 1. The minimum absolute atomic E-state index is 0.148. The monoisotopic (exact) mass is 458 g/mol. The molecule has 2 aromatic heterocycles. The average molecular weight is 459 g/mol. The first-order chi connectivity index (χ1) is 16.2. The molecule has 2 aliphatic rings. The molecule has 7 nitrogen and oxygen atoms in total. The smallest absolute Gasteiger partial charge is 0.226 e. The summed E-state index contributed by atoms with van der Waals surface area (Å²) in [4.78, 5) is 5.65. The standard InChI is InChI=1S/C25H22N4O3S/c1-14-6-8-17-16(11-14)22-21(24(32-17)15-7-9-18(30-2)19(12-15)31-3)23(20-5-4-10-33-20)29-25(28-22)26-13-27-29/h4-13,23-24H,1-3H3,(H,26,27,28)/t23-,24-/m1/s1. The van der Waals surface area contributed by atoms with Crippen LogP contribution in [0.3, 0.4) is 0 Å². The Bertz CT molecular complexity index is 1380. The van der Waals surface area contributed by atoms with Crippen LogP contribution >= 0.6 is 11.3 Å². The van der Waals surface area contributed by atoms with Gasteiger partial charge in [0.15, 0.2) is 11.5 Å². The number of nitrogens with one attached hydrogen (secondary N) is 1. The van der Waals surface area contributed by atoms with Crippen LogP contribution in [-0.4, -0.2) is 29.0 Å². The first kappa shape index (κ1) is 19.9. The highest BCUT2D eigenvalue weighted by atomic mass is 32.1. The number of aromatic nitrogens is 3. The number of ether oxygens (including phenoxy) is 3. The Kier molecular flexibility index (Phi) is 4.62. The van der Waals surface area contributed by atoms with E-state index in [2.05, 4.69) is 52.0 Å². The first-order valence-corrected chi connectivity index (χ1v) is 11.5. The largest absolute Gasteiger partial charge is 0.493 e. The second kappa shape index (κ2) is 7.67. The van der Waals surface area contributed by atoms with Gasteiger partial charge in [0.25, 0.3) is 0 Å². The molecule has 6 rings (SSSR count). The van der Waals surface area contributed by atoms with Crippen LogP contribution in [-0.2, 0) is 0 Å². The summed E-state index contributed by atoms with van der Waals surface area (Å²) < 4.78 is 19.7. The molecule has 0 spiro atoms. The molecule has 0 aliphatic carbocycles. The predicted octanol–water partition coefficient (Wildman–Crippen LogP) is 5.23. The first-order valence-electron chi connectivity index (χ1n) is 10.6. The number of methoxy groups -OCH3 is 2. The highest BCUT2D eigenvalue weighted by molar-refractivity contribution is 7.10. The van der Waals surface area contributed by atoms with Crippen LogP contribution in [0, 0.1) is 6.92 Å². The topological polar surface area (TPSA) is 70.4 Å². The Labute approximate surface area is 195 Å². The van der Waals surface area contributed by atoms with Crippen molar-refractivity contribution in [1.29, 1.82) is 0 Å². The van der Waals surface area contributed by atoms with E-state index in [1.54, 1.807) is 31.9 Å². The summed E-state index contributed by atoms with van der Waals surface area (Å²) in [7, 11) is 3.28. The van der Waals surface area contributed by atoms with Crippen molar-refractivity contribution in [3.05, 3.63) is 87.4 Å². The number of rotatable bonds is 4. The second-order valence-corrected chi connectivity index (χ2v) is 8.99. The maximum Gasteiger partial charge on any atom is 0.226 e. The van der Waals surface area contributed by atoms with Gasteiger partial charge in [-0.1, -0.05) is 23.8 Å². The van der Waals surface area contributed by atoms with Crippen molar-refractivity contribution in [2.45, 2.75) is 19.1 Å². The Hall–Kier alpha value is -3.78. The lowest BCUT2D eigenvalue weighted by Crippen LogP contribution is -2.32. The molecule has 2 aliphatic heterocycles. The van der Waals surface area contributed by atoms with E-state index in [-0.39, 0.29) is 12.1 Å². The lowest BCUT2D eigenvalue weighted by molar-refractivity contribution is 0.222. The van der Waals surface area contributed by atoms with Gasteiger partial charge in [0.2, 0.25) is 5.95 Å². The van der Waals surface area contributed by atoms with Crippen LogP contribution in [0.15, 0.2) is 65.8 Å². The maximum atomic E-state index is 6.68. The molecule has 0 radical (unpaired) electrons. The van der Waals surface area contributed by atoms with Crippen molar-refractivity contribution >= 4 is 23.0 Å². The summed E-state index contributed by atoms with van der Waals surface area (Å²) in [5.74, 6) is 2.88. The number of hydrogen-bond donors (Lipinski definition) is 1.